The number of hydrogen-bond donors (Lipinski definition) is 3. The van der Waals surface area contributed by atoms with Crippen LogP contribution in [0.5, 0.6) is 0 Å². The van der Waals surface area contributed by atoms with Crippen molar-refractivity contribution in [1.82, 2.24) is 9.55 Å². The number of hydrogen-bond acceptors (Lipinski definition) is 6. The lowest BCUT2D eigenvalue weighted by molar-refractivity contribution is -0.157. The fourth-order valence-corrected chi connectivity index (χ4v) is 3.02. The van der Waals surface area contributed by atoms with Gasteiger partial charge in [-0.25, -0.2) is 4.79 Å². The molecule has 2 heterocycles. The first-order valence-corrected chi connectivity index (χ1v) is 7.34. The molecule has 1 fully saturated rings. The maximum atomic E-state index is 11.9. The van der Waals surface area contributed by atoms with E-state index in [9.17, 15) is 19.8 Å². The van der Waals surface area contributed by atoms with E-state index < -0.39 is 34.9 Å². The van der Waals surface area contributed by atoms with E-state index in [0.717, 1.165) is 16.8 Å². The molecule has 0 saturated carbocycles. The Kier molecular flexibility index (Phi) is 4.13. The highest BCUT2D eigenvalue weighted by Crippen LogP contribution is 2.42. The molecule has 0 bridgehead atoms. The van der Waals surface area contributed by atoms with Crippen LogP contribution in [-0.4, -0.2) is 42.1 Å². The summed E-state index contributed by atoms with van der Waals surface area (Å²) in [7, 11) is 0. The number of ether oxygens (including phenoxy) is 1. The first kappa shape index (κ1) is 16.0. The standard InChI is InChI=1S/C10H12IN5O5/c1-9(16-3-2-5(17)13-8(16)20)6(18)7(19)10(4-11,21-9)14-15-12/h2-3,6-7,18-19H,4H2,1H3,(H,13,17,20)/t6-,7+,9-,10-/m1/s1. The Morgan fingerprint density at radius 2 is 2.24 bits per heavy atom. The zero-order chi connectivity index (χ0) is 15.8. The summed E-state index contributed by atoms with van der Waals surface area (Å²) in [6, 6.07) is 1.08. The van der Waals surface area contributed by atoms with Crippen molar-refractivity contribution >= 4 is 22.6 Å². The van der Waals surface area contributed by atoms with E-state index in [-0.39, 0.29) is 4.43 Å². The van der Waals surface area contributed by atoms with Crippen LogP contribution in [0.3, 0.4) is 0 Å². The van der Waals surface area contributed by atoms with E-state index in [1.54, 1.807) is 0 Å². The van der Waals surface area contributed by atoms with Crippen molar-refractivity contribution in [3.8, 4) is 0 Å². The SMILES string of the molecule is C[C@@]1(n2ccc(=O)[nH]c2=O)O[C@@](CI)(N=[N+]=[N-])[C@@H](O)[C@H]1O. The number of nitrogens with one attached hydrogen (secondary N) is 1. The summed E-state index contributed by atoms with van der Waals surface area (Å²) in [5.74, 6) is 0. The second-order valence-electron chi connectivity index (χ2n) is 4.69. The molecule has 3 N–H and O–H groups in total. The normalized spacial score (nSPS) is 35.4. The van der Waals surface area contributed by atoms with E-state index in [1.165, 1.54) is 6.92 Å². The molecule has 0 aliphatic carbocycles. The number of aliphatic hydroxyl groups excluding tert-OH is 2. The van der Waals surface area contributed by atoms with Crippen LogP contribution in [0.4, 0.5) is 0 Å². The Hall–Kier alpha value is -1.40. The van der Waals surface area contributed by atoms with Crippen molar-refractivity contribution in [3.63, 3.8) is 0 Å². The van der Waals surface area contributed by atoms with E-state index in [2.05, 4.69) is 10.0 Å². The van der Waals surface area contributed by atoms with E-state index in [4.69, 9.17) is 10.3 Å². The van der Waals surface area contributed by atoms with Crippen LogP contribution in [-0.2, 0) is 10.5 Å². The fraction of sp³-hybridized carbons (Fsp3) is 0.600. The minimum Gasteiger partial charge on any atom is -0.387 e. The number of aromatic nitrogens is 2. The van der Waals surface area contributed by atoms with E-state index >= 15 is 0 Å². The number of rotatable bonds is 3. The predicted molar refractivity (Wildman–Crippen MR) is 78.8 cm³/mol. The Bertz CT molecular complexity index is 712. The summed E-state index contributed by atoms with van der Waals surface area (Å²) in [5, 5.41) is 23.8. The van der Waals surface area contributed by atoms with Gasteiger partial charge in [-0.1, -0.05) is 27.7 Å². The third-order valence-electron chi connectivity index (χ3n) is 3.40. The topological polar surface area (TPSA) is 153 Å². The number of H-pyrrole nitrogens is 1. The highest BCUT2D eigenvalue weighted by molar-refractivity contribution is 14.1. The quantitative estimate of drug-likeness (QED) is 0.200. The summed E-state index contributed by atoms with van der Waals surface area (Å²) >= 11 is 1.83. The number of halogens is 1. The Morgan fingerprint density at radius 3 is 2.76 bits per heavy atom. The molecule has 1 aliphatic heterocycles. The Labute approximate surface area is 131 Å². The molecule has 1 saturated heterocycles. The third-order valence-corrected chi connectivity index (χ3v) is 4.49. The third kappa shape index (κ3) is 2.36. The van der Waals surface area contributed by atoms with Gasteiger partial charge in [0.05, 0.1) is 0 Å². The van der Waals surface area contributed by atoms with Crippen molar-refractivity contribution in [3.05, 3.63) is 43.5 Å². The average molecular weight is 409 g/mol. The minimum atomic E-state index is -1.71. The molecule has 0 aromatic carbocycles. The lowest BCUT2D eigenvalue weighted by atomic mass is 10.0. The minimum absolute atomic E-state index is 0.0563. The largest absolute Gasteiger partial charge is 0.387 e. The maximum absolute atomic E-state index is 11.9. The molecule has 1 aliphatic rings. The first-order valence-electron chi connectivity index (χ1n) is 5.82. The van der Waals surface area contributed by atoms with Crippen molar-refractivity contribution in [1.29, 1.82) is 0 Å². The summed E-state index contributed by atoms with van der Waals surface area (Å²) in [6.07, 6.45) is -1.94. The summed E-state index contributed by atoms with van der Waals surface area (Å²) < 4.78 is 6.56. The highest BCUT2D eigenvalue weighted by atomic mass is 127. The van der Waals surface area contributed by atoms with Gasteiger partial charge in [-0.15, -0.1) is 0 Å². The van der Waals surface area contributed by atoms with Crippen LogP contribution in [0.1, 0.15) is 6.92 Å². The number of alkyl halides is 1. The number of aliphatic hydroxyl groups is 2. The Balaban J connectivity index is 2.60. The van der Waals surface area contributed by atoms with E-state index in [0.29, 0.717) is 0 Å². The maximum Gasteiger partial charge on any atom is 0.330 e. The van der Waals surface area contributed by atoms with Crippen molar-refractivity contribution < 1.29 is 14.9 Å². The van der Waals surface area contributed by atoms with Gasteiger partial charge in [0.15, 0.2) is 11.4 Å². The summed E-state index contributed by atoms with van der Waals surface area (Å²) in [6.45, 7) is 1.35. The monoisotopic (exact) mass is 409 g/mol. The van der Waals surface area contributed by atoms with Gasteiger partial charge in [-0.3, -0.25) is 14.3 Å². The summed E-state index contributed by atoms with van der Waals surface area (Å²) in [4.78, 5) is 27.6. The highest BCUT2D eigenvalue weighted by Gasteiger charge is 2.60. The second kappa shape index (κ2) is 5.42. The molecule has 10 nitrogen and oxygen atoms in total. The van der Waals surface area contributed by atoms with Crippen LogP contribution in [0.15, 0.2) is 27.0 Å². The number of azide groups is 1. The van der Waals surface area contributed by atoms with Crippen LogP contribution >= 0.6 is 22.6 Å². The molecule has 0 radical (unpaired) electrons. The lowest BCUT2D eigenvalue weighted by Gasteiger charge is -2.30. The molecule has 1 aromatic heterocycles. The van der Waals surface area contributed by atoms with Gasteiger partial charge in [0.2, 0.25) is 0 Å². The number of nitrogens with zero attached hydrogens (tertiary/aromatic N) is 4. The van der Waals surface area contributed by atoms with Gasteiger partial charge in [-0.05, 0) is 12.5 Å². The molecule has 2 rings (SSSR count). The molecule has 21 heavy (non-hydrogen) atoms. The van der Waals surface area contributed by atoms with Gasteiger partial charge in [0, 0.05) is 21.6 Å². The molecule has 4 atom stereocenters. The van der Waals surface area contributed by atoms with Crippen LogP contribution in [0.25, 0.3) is 10.4 Å². The van der Waals surface area contributed by atoms with Crippen molar-refractivity contribution in [2.24, 2.45) is 5.11 Å². The average Bonchev–Trinajstić information content (AvgIpc) is 2.62. The zero-order valence-corrected chi connectivity index (χ0v) is 13.0. The van der Waals surface area contributed by atoms with Crippen LogP contribution in [0, 0.1) is 0 Å². The van der Waals surface area contributed by atoms with Crippen LogP contribution < -0.4 is 11.2 Å². The van der Waals surface area contributed by atoms with Gasteiger partial charge < -0.3 is 14.9 Å². The zero-order valence-electron chi connectivity index (χ0n) is 10.8. The predicted octanol–water partition coefficient (Wildman–Crippen LogP) is -0.597. The molecular weight excluding hydrogens is 397 g/mol. The van der Waals surface area contributed by atoms with Crippen LogP contribution in [0.2, 0.25) is 0 Å². The van der Waals surface area contributed by atoms with Crippen molar-refractivity contribution in [2.45, 2.75) is 30.6 Å². The summed E-state index contributed by atoms with van der Waals surface area (Å²) in [5.41, 5.74) is 3.79. The molecular formula is C10H12IN5O5. The Morgan fingerprint density at radius 1 is 1.57 bits per heavy atom. The molecule has 0 amide bonds. The molecule has 1 aromatic rings. The van der Waals surface area contributed by atoms with Crippen molar-refractivity contribution in [2.75, 3.05) is 4.43 Å². The van der Waals surface area contributed by atoms with Gasteiger partial charge in [0.1, 0.15) is 12.2 Å². The van der Waals surface area contributed by atoms with E-state index in [1.807, 2.05) is 27.6 Å². The van der Waals surface area contributed by atoms with Gasteiger partial charge in [0.25, 0.3) is 5.56 Å². The smallest absolute Gasteiger partial charge is 0.330 e. The first-order chi connectivity index (χ1) is 9.80. The second-order valence-corrected chi connectivity index (χ2v) is 5.46. The number of aromatic amines is 1. The van der Waals surface area contributed by atoms with Gasteiger partial charge in [-0.2, -0.15) is 0 Å². The lowest BCUT2D eigenvalue weighted by Crippen LogP contribution is -2.49. The molecule has 0 unspecified atom stereocenters. The fourth-order valence-electron chi connectivity index (χ4n) is 2.26. The molecule has 0 spiro atoms. The molecule has 11 heteroatoms. The molecule has 114 valence electrons. The van der Waals surface area contributed by atoms with Gasteiger partial charge >= 0.3 is 5.69 Å².